The molecular weight excluding hydrogens is 352 g/mol. The van der Waals surface area contributed by atoms with Crippen molar-refractivity contribution in [3.05, 3.63) is 65.7 Å². The summed E-state index contributed by atoms with van der Waals surface area (Å²) in [5.41, 5.74) is 14.0. The Balaban J connectivity index is 1.68. The van der Waals surface area contributed by atoms with Crippen molar-refractivity contribution in [1.82, 2.24) is 4.90 Å². The number of nitrogens with zero attached hydrogens (tertiary/aromatic N) is 4. The summed E-state index contributed by atoms with van der Waals surface area (Å²) in [5.74, 6) is 0.527. The van der Waals surface area contributed by atoms with Gasteiger partial charge in [-0.15, -0.1) is 0 Å². The van der Waals surface area contributed by atoms with Crippen molar-refractivity contribution in [3.63, 3.8) is 0 Å². The first-order valence-corrected chi connectivity index (χ1v) is 9.13. The SMILES string of the molecule is CN(Cc1ccccc1)C(=O)Cc1ccc(N2C(N)=NC(N)=NC2(C)C)cc1. The Hall–Kier alpha value is -3.35. The van der Waals surface area contributed by atoms with Gasteiger partial charge in [-0.3, -0.25) is 9.69 Å². The van der Waals surface area contributed by atoms with E-state index in [1.165, 1.54) is 0 Å². The topological polar surface area (TPSA) is 100 Å². The van der Waals surface area contributed by atoms with Gasteiger partial charge in [-0.05, 0) is 37.1 Å². The monoisotopic (exact) mass is 378 g/mol. The summed E-state index contributed by atoms with van der Waals surface area (Å²) in [4.78, 5) is 24.5. The molecule has 0 saturated heterocycles. The maximum absolute atomic E-state index is 12.5. The molecule has 3 rings (SSSR count). The van der Waals surface area contributed by atoms with Crippen molar-refractivity contribution in [3.8, 4) is 0 Å². The van der Waals surface area contributed by atoms with Crippen molar-refractivity contribution in [2.45, 2.75) is 32.5 Å². The number of hydrogen-bond donors (Lipinski definition) is 2. The second kappa shape index (κ2) is 7.72. The summed E-state index contributed by atoms with van der Waals surface area (Å²) < 4.78 is 0. The van der Waals surface area contributed by atoms with Gasteiger partial charge in [0.05, 0.1) is 6.42 Å². The third-order valence-electron chi connectivity index (χ3n) is 4.63. The van der Waals surface area contributed by atoms with Gasteiger partial charge in [0.1, 0.15) is 5.66 Å². The van der Waals surface area contributed by atoms with Crippen LogP contribution in [0.15, 0.2) is 64.6 Å². The number of hydrogen-bond acceptors (Lipinski definition) is 6. The van der Waals surface area contributed by atoms with Crippen molar-refractivity contribution < 1.29 is 4.79 Å². The van der Waals surface area contributed by atoms with Crippen molar-refractivity contribution in [1.29, 1.82) is 0 Å². The molecule has 1 aliphatic heterocycles. The highest BCUT2D eigenvalue weighted by atomic mass is 16.2. The molecule has 4 N–H and O–H groups in total. The summed E-state index contributed by atoms with van der Waals surface area (Å²) in [6.45, 7) is 4.42. The Morgan fingerprint density at radius 1 is 1.04 bits per heavy atom. The number of benzene rings is 2. The number of carbonyl (C=O) groups excluding carboxylic acids is 1. The molecule has 0 unspecified atom stereocenters. The Kier molecular flexibility index (Phi) is 5.35. The lowest BCUT2D eigenvalue weighted by molar-refractivity contribution is -0.129. The fraction of sp³-hybridized carbons (Fsp3) is 0.286. The average Bonchev–Trinajstić information content (AvgIpc) is 2.62. The van der Waals surface area contributed by atoms with E-state index in [9.17, 15) is 4.79 Å². The molecule has 0 atom stereocenters. The molecule has 1 amide bonds. The number of nitrogens with two attached hydrogens (primary N) is 2. The summed E-state index contributed by atoms with van der Waals surface area (Å²) in [6, 6.07) is 17.6. The van der Waals surface area contributed by atoms with E-state index < -0.39 is 5.66 Å². The van der Waals surface area contributed by atoms with Gasteiger partial charge in [0.15, 0.2) is 0 Å². The Morgan fingerprint density at radius 3 is 2.29 bits per heavy atom. The Labute approximate surface area is 165 Å². The number of anilines is 1. The Bertz CT molecular complexity index is 902. The molecule has 0 fully saturated rings. The lowest BCUT2D eigenvalue weighted by atomic mass is 10.1. The molecular formula is C21H26N6O. The molecule has 2 aromatic carbocycles. The maximum Gasteiger partial charge on any atom is 0.227 e. The van der Waals surface area contributed by atoms with E-state index >= 15 is 0 Å². The molecule has 0 radical (unpaired) electrons. The molecule has 1 heterocycles. The van der Waals surface area contributed by atoms with Crippen LogP contribution in [0.5, 0.6) is 0 Å². The molecule has 7 heteroatoms. The minimum Gasteiger partial charge on any atom is -0.369 e. The molecule has 0 spiro atoms. The second-order valence-corrected chi connectivity index (χ2v) is 7.35. The van der Waals surface area contributed by atoms with Crippen LogP contribution in [-0.4, -0.2) is 35.4 Å². The average molecular weight is 378 g/mol. The predicted octanol–water partition coefficient (Wildman–Crippen LogP) is 2.07. The smallest absolute Gasteiger partial charge is 0.227 e. The number of likely N-dealkylation sites (N-methyl/N-ethyl adjacent to an activating group) is 1. The van der Waals surface area contributed by atoms with E-state index in [4.69, 9.17) is 11.5 Å². The van der Waals surface area contributed by atoms with Crippen LogP contribution in [0.1, 0.15) is 25.0 Å². The number of aliphatic imine (C=N–C) groups is 2. The zero-order chi connectivity index (χ0) is 20.3. The van der Waals surface area contributed by atoms with E-state index in [0.717, 1.165) is 16.8 Å². The molecule has 7 nitrogen and oxygen atoms in total. The molecule has 1 aliphatic rings. The van der Waals surface area contributed by atoms with E-state index in [-0.39, 0.29) is 11.9 Å². The number of carbonyl (C=O) groups is 1. The first kappa shape index (κ1) is 19.4. The molecule has 2 aromatic rings. The summed E-state index contributed by atoms with van der Waals surface area (Å²) >= 11 is 0. The van der Waals surface area contributed by atoms with Gasteiger partial charge in [-0.25, -0.2) is 4.99 Å². The van der Waals surface area contributed by atoms with Gasteiger partial charge >= 0.3 is 0 Å². The summed E-state index contributed by atoms with van der Waals surface area (Å²) in [5, 5.41) is 0. The normalized spacial score (nSPS) is 15.6. The first-order chi connectivity index (χ1) is 13.3. The van der Waals surface area contributed by atoms with E-state index in [1.807, 2.05) is 80.4 Å². The quantitative estimate of drug-likeness (QED) is 0.832. The number of rotatable bonds is 5. The van der Waals surface area contributed by atoms with Gasteiger partial charge in [0, 0.05) is 19.3 Å². The van der Waals surface area contributed by atoms with Crippen molar-refractivity contribution >= 4 is 23.5 Å². The van der Waals surface area contributed by atoms with Crippen LogP contribution in [0.2, 0.25) is 0 Å². The van der Waals surface area contributed by atoms with E-state index in [2.05, 4.69) is 9.98 Å². The third kappa shape index (κ3) is 4.31. The van der Waals surface area contributed by atoms with Crippen LogP contribution in [0, 0.1) is 0 Å². The lowest BCUT2D eigenvalue weighted by Crippen LogP contribution is -2.54. The minimum atomic E-state index is -0.636. The second-order valence-electron chi connectivity index (χ2n) is 7.35. The van der Waals surface area contributed by atoms with Crippen LogP contribution in [0.25, 0.3) is 0 Å². The standard InChI is InChI=1S/C21H26N6O/c1-21(2)25-19(22)24-20(23)27(21)17-11-9-15(10-12-17)13-18(28)26(3)14-16-7-5-4-6-8-16/h4-12H,13-14H2,1-3H3,(H4,22,23,24,25). The fourth-order valence-electron chi connectivity index (χ4n) is 3.27. The highest BCUT2D eigenvalue weighted by molar-refractivity contribution is 6.05. The van der Waals surface area contributed by atoms with Crippen molar-refractivity contribution in [2.24, 2.45) is 21.5 Å². The summed E-state index contributed by atoms with van der Waals surface area (Å²) in [6.07, 6.45) is 0.335. The highest BCUT2D eigenvalue weighted by Gasteiger charge is 2.32. The van der Waals surface area contributed by atoms with Crippen LogP contribution >= 0.6 is 0 Å². The largest absolute Gasteiger partial charge is 0.369 e. The zero-order valence-corrected chi connectivity index (χ0v) is 16.5. The Morgan fingerprint density at radius 2 is 1.68 bits per heavy atom. The van der Waals surface area contributed by atoms with E-state index in [0.29, 0.717) is 18.9 Å². The van der Waals surface area contributed by atoms with Crippen LogP contribution < -0.4 is 16.4 Å². The number of amides is 1. The van der Waals surface area contributed by atoms with Crippen LogP contribution in [-0.2, 0) is 17.8 Å². The van der Waals surface area contributed by atoms with Gasteiger partial charge in [-0.2, -0.15) is 4.99 Å². The molecule has 0 aliphatic carbocycles. The van der Waals surface area contributed by atoms with Crippen molar-refractivity contribution in [2.75, 3.05) is 11.9 Å². The zero-order valence-electron chi connectivity index (χ0n) is 16.5. The lowest BCUT2D eigenvalue weighted by Gasteiger charge is -2.38. The highest BCUT2D eigenvalue weighted by Crippen LogP contribution is 2.27. The minimum absolute atomic E-state index is 0.0633. The molecule has 0 saturated carbocycles. The van der Waals surface area contributed by atoms with Crippen LogP contribution in [0.3, 0.4) is 0 Å². The predicted molar refractivity (Wildman–Crippen MR) is 113 cm³/mol. The first-order valence-electron chi connectivity index (χ1n) is 9.13. The molecule has 146 valence electrons. The van der Waals surface area contributed by atoms with Gasteiger partial charge < -0.3 is 16.4 Å². The number of guanidine groups is 2. The fourth-order valence-corrected chi connectivity index (χ4v) is 3.27. The molecule has 28 heavy (non-hydrogen) atoms. The molecule has 0 aromatic heterocycles. The van der Waals surface area contributed by atoms with Gasteiger partial charge in [0.25, 0.3) is 0 Å². The maximum atomic E-state index is 12.5. The third-order valence-corrected chi connectivity index (χ3v) is 4.63. The summed E-state index contributed by atoms with van der Waals surface area (Å²) in [7, 11) is 1.82. The van der Waals surface area contributed by atoms with Gasteiger partial charge in [0.2, 0.25) is 17.8 Å². The van der Waals surface area contributed by atoms with Crippen LogP contribution in [0.4, 0.5) is 5.69 Å². The van der Waals surface area contributed by atoms with E-state index in [1.54, 1.807) is 4.90 Å². The molecule has 0 bridgehead atoms. The van der Waals surface area contributed by atoms with Gasteiger partial charge in [-0.1, -0.05) is 42.5 Å².